The van der Waals surface area contributed by atoms with Gasteiger partial charge in [0.05, 0.1) is 4.88 Å². The predicted octanol–water partition coefficient (Wildman–Crippen LogP) is 0.830. The van der Waals surface area contributed by atoms with Crippen molar-refractivity contribution >= 4 is 29.1 Å². The number of carbonyl (C=O) groups excluding carboxylic acids is 2. The van der Waals surface area contributed by atoms with Crippen LogP contribution < -0.4 is 11.1 Å². The van der Waals surface area contributed by atoms with Crippen molar-refractivity contribution in [1.29, 1.82) is 0 Å². The second kappa shape index (κ2) is 5.18. The molecule has 1 aromatic rings. The van der Waals surface area contributed by atoms with Gasteiger partial charge < -0.3 is 16.2 Å². The van der Waals surface area contributed by atoms with Gasteiger partial charge in [-0.05, 0) is 26.0 Å². The lowest BCUT2D eigenvalue weighted by atomic mass is 10.0. The van der Waals surface area contributed by atoms with Crippen LogP contribution in [0.15, 0.2) is 12.1 Å². The Morgan fingerprint density at radius 1 is 1.33 bits per heavy atom. The maximum Gasteiger partial charge on any atom is 0.345 e. The highest BCUT2D eigenvalue weighted by atomic mass is 32.1. The summed E-state index contributed by atoms with van der Waals surface area (Å²) in [5.74, 6) is -2.01. The first kappa shape index (κ1) is 14.2. The minimum Gasteiger partial charge on any atom is -0.477 e. The van der Waals surface area contributed by atoms with E-state index < -0.39 is 23.3 Å². The lowest BCUT2D eigenvalue weighted by Gasteiger charge is -2.24. The highest BCUT2D eigenvalue weighted by Crippen LogP contribution is 2.18. The van der Waals surface area contributed by atoms with Gasteiger partial charge in [-0.3, -0.25) is 9.59 Å². The molecule has 0 aliphatic carbocycles. The molecule has 7 heteroatoms. The summed E-state index contributed by atoms with van der Waals surface area (Å²) < 4.78 is 0. The number of primary amides is 1. The third kappa shape index (κ3) is 3.85. The number of carbonyl (C=O) groups is 3. The lowest BCUT2D eigenvalue weighted by Crippen LogP contribution is -2.45. The molecule has 0 bridgehead atoms. The van der Waals surface area contributed by atoms with E-state index in [0.717, 1.165) is 11.3 Å². The highest BCUT2D eigenvalue weighted by Gasteiger charge is 2.24. The predicted molar refractivity (Wildman–Crippen MR) is 66.6 cm³/mol. The fraction of sp³-hybridized carbons (Fsp3) is 0.364. The van der Waals surface area contributed by atoms with Crippen molar-refractivity contribution in [3.05, 3.63) is 21.9 Å². The largest absolute Gasteiger partial charge is 0.477 e. The standard InChI is InChI=1S/C11H14N2O4S/c1-11(2,5-8(12)14)13-9(15)6-3-4-7(18-6)10(16)17/h3-4H,5H2,1-2H3,(H2,12,14)(H,13,15)(H,16,17). The average Bonchev–Trinajstić information content (AvgIpc) is 2.62. The zero-order chi connectivity index (χ0) is 13.9. The summed E-state index contributed by atoms with van der Waals surface area (Å²) in [6.45, 7) is 3.34. The summed E-state index contributed by atoms with van der Waals surface area (Å²) in [5, 5.41) is 11.4. The van der Waals surface area contributed by atoms with E-state index in [-0.39, 0.29) is 16.2 Å². The van der Waals surface area contributed by atoms with Gasteiger partial charge in [-0.15, -0.1) is 11.3 Å². The quantitative estimate of drug-likeness (QED) is 0.736. The van der Waals surface area contributed by atoms with Crippen molar-refractivity contribution < 1.29 is 19.5 Å². The van der Waals surface area contributed by atoms with E-state index in [0.29, 0.717) is 0 Å². The van der Waals surface area contributed by atoms with E-state index in [9.17, 15) is 14.4 Å². The van der Waals surface area contributed by atoms with E-state index in [1.807, 2.05) is 0 Å². The summed E-state index contributed by atoms with van der Waals surface area (Å²) >= 11 is 0.881. The number of nitrogens with two attached hydrogens (primary N) is 1. The third-order valence-corrected chi connectivity index (χ3v) is 3.18. The molecule has 0 radical (unpaired) electrons. The monoisotopic (exact) mass is 270 g/mol. The third-order valence-electron chi connectivity index (χ3n) is 2.11. The molecule has 98 valence electrons. The van der Waals surface area contributed by atoms with Crippen LogP contribution in [0, 0.1) is 0 Å². The van der Waals surface area contributed by atoms with Crippen LogP contribution >= 0.6 is 11.3 Å². The molecule has 6 nitrogen and oxygen atoms in total. The second-order valence-electron chi connectivity index (χ2n) is 4.45. The summed E-state index contributed by atoms with van der Waals surface area (Å²) in [5.41, 5.74) is 4.30. The van der Waals surface area contributed by atoms with Crippen LogP contribution in [-0.2, 0) is 4.79 Å². The number of rotatable bonds is 5. The van der Waals surface area contributed by atoms with Gasteiger partial charge >= 0.3 is 5.97 Å². The van der Waals surface area contributed by atoms with Crippen molar-refractivity contribution in [3.63, 3.8) is 0 Å². The molecule has 0 aliphatic rings. The van der Waals surface area contributed by atoms with Crippen molar-refractivity contribution in [2.24, 2.45) is 5.73 Å². The van der Waals surface area contributed by atoms with Crippen LogP contribution in [0.3, 0.4) is 0 Å². The second-order valence-corrected chi connectivity index (χ2v) is 5.53. The van der Waals surface area contributed by atoms with Gasteiger partial charge in [0.15, 0.2) is 0 Å². The zero-order valence-corrected chi connectivity index (χ0v) is 10.8. The van der Waals surface area contributed by atoms with E-state index in [1.165, 1.54) is 12.1 Å². The van der Waals surface area contributed by atoms with Gasteiger partial charge in [-0.25, -0.2) is 4.79 Å². The summed E-state index contributed by atoms with van der Waals surface area (Å²) in [6, 6.07) is 2.80. The van der Waals surface area contributed by atoms with Gasteiger partial charge in [-0.1, -0.05) is 0 Å². The van der Waals surface area contributed by atoms with Crippen molar-refractivity contribution in [2.75, 3.05) is 0 Å². The van der Waals surface area contributed by atoms with Crippen LogP contribution in [-0.4, -0.2) is 28.4 Å². The molecule has 1 aromatic heterocycles. The minimum absolute atomic E-state index is 0.00982. The maximum absolute atomic E-state index is 11.8. The van der Waals surface area contributed by atoms with E-state index in [1.54, 1.807) is 13.8 Å². The van der Waals surface area contributed by atoms with Crippen LogP contribution in [0.4, 0.5) is 0 Å². The van der Waals surface area contributed by atoms with Gasteiger partial charge in [-0.2, -0.15) is 0 Å². The highest BCUT2D eigenvalue weighted by molar-refractivity contribution is 7.15. The fourth-order valence-corrected chi connectivity index (χ4v) is 2.16. The smallest absolute Gasteiger partial charge is 0.345 e. The molecule has 0 fully saturated rings. The molecule has 0 saturated carbocycles. The molecule has 0 atom stereocenters. The lowest BCUT2D eigenvalue weighted by molar-refractivity contribution is -0.119. The maximum atomic E-state index is 11.8. The van der Waals surface area contributed by atoms with E-state index >= 15 is 0 Å². The number of amides is 2. The molecule has 0 spiro atoms. The zero-order valence-electron chi connectivity index (χ0n) is 10.0. The number of hydrogen-bond acceptors (Lipinski definition) is 4. The summed E-state index contributed by atoms with van der Waals surface area (Å²) in [4.78, 5) is 33.7. The first-order chi connectivity index (χ1) is 8.21. The fourth-order valence-electron chi connectivity index (χ4n) is 1.42. The normalized spacial score (nSPS) is 11.0. The minimum atomic E-state index is -1.07. The van der Waals surface area contributed by atoms with Gasteiger partial charge in [0.1, 0.15) is 4.88 Å². The van der Waals surface area contributed by atoms with Crippen LogP contribution in [0.25, 0.3) is 0 Å². The molecule has 2 amide bonds. The van der Waals surface area contributed by atoms with Crippen LogP contribution in [0.1, 0.15) is 39.6 Å². The Balaban J connectivity index is 2.75. The van der Waals surface area contributed by atoms with Crippen molar-refractivity contribution in [2.45, 2.75) is 25.8 Å². The summed E-state index contributed by atoms with van der Waals surface area (Å²) in [6.07, 6.45) is 0.00982. The molecular formula is C11H14N2O4S. The Kier molecular flexibility index (Phi) is 4.07. The molecule has 1 rings (SSSR count). The molecular weight excluding hydrogens is 256 g/mol. The number of carboxylic acid groups (broad SMARTS) is 1. The van der Waals surface area contributed by atoms with Gasteiger partial charge in [0.25, 0.3) is 5.91 Å². The molecule has 0 aliphatic heterocycles. The Morgan fingerprint density at radius 3 is 2.33 bits per heavy atom. The average molecular weight is 270 g/mol. The Bertz CT molecular complexity index is 493. The number of aromatic carboxylic acids is 1. The first-order valence-electron chi connectivity index (χ1n) is 5.15. The SMILES string of the molecule is CC(C)(CC(N)=O)NC(=O)c1ccc(C(=O)O)s1. The summed E-state index contributed by atoms with van der Waals surface area (Å²) in [7, 11) is 0. The van der Waals surface area contributed by atoms with Gasteiger partial charge in [0, 0.05) is 12.0 Å². The van der Waals surface area contributed by atoms with Gasteiger partial charge in [0.2, 0.25) is 5.91 Å². The molecule has 4 N–H and O–H groups in total. The van der Waals surface area contributed by atoms with Crippen LogP contribution in [0.2, 0.25) is 0 Å². The topological polar surface area (TPSA) is 109 Å². The Morgan fingerprint density at radius 2 is 1.89 bits per heavy atom. The molecule has 18 heavy (non-hydrogen) atoms. The molecule has 0 unspecified atom stereocenters. The first-order valence-corrected chi connectivity index (χ1v) is 5.97. The number of nitrogens with one attached hydrogen (secondary N) is 1. The van der Waals surface area contributed by atoms with Crippen LogP contribution in [0.5, 0.6) is 0 Å². The Hall–Kier alpha value is -1.89. The van der Waals surface area contributed by atoms with Crippen molar-refractivity contribution in [3.8, 4) is 0 Å². The number of thiophene rings is 1. The van der Waals surface area contributed by atoms with E-state index in [4.69, 9.17) is 10.8 Å². The Labute approximate surface area is 108 Å². The number of carboxylic acids is 1. The van der Waals surface area contributed by atoms with Crippen molar-refractivity contribution in [1.82, 2.24) is 5.32 Å². The molecule has 0 aromatic carbocycles. The molecule has 1 heterocycles. The molecule has 0 saturated heterocycles. The number of hydrogen-bond donors (Lipinski definition) is 3. The van der Waals surface area contributed by atoms with E-state index in [2.05, 4.69) is 5.32 Å².